The van der Waals surface area contributed by atoms with Crippen LogP contribution in [0.15, 0.2) is 60.0 Å². The number of hydrogen-bond acceptors (Lipinski definition) is 3. The van der Waals surface area contributed by atoms with Gasteiger partial charge in [-0.25, -0.2) is 4.98 Å². The van der Waals surface area contributed by atoms with Gasteiger partial charge in [0.1, 0.15) is 0 Å². The molecule has 1 aromatic heterocycles. The summed E-state index contributed by atoms with van der Waals surface area (Å²) in [5, 5.41) is 2.83. The van der Waals surface area contributed by atoms with Crippen LogP contribution in [0.3, 0.4) is 0 Å². The first-order valence-corrected chi connectivity index (χ1v) is 9.46. The summed E-state index contributed by atoms with van der Waals surface area (Å²) in [4.78, 5) is 19.4. The lowest BCUT2D eigenvalue weighted by Crippen LogP contribution is -2.31. The number of rotatable bonds is 5. The minimum Gasteiger partial charge on any atom is -0.283 e. The monoisotopic (exact) mass is 348 g/mol. The normalized spacial score (nSPS) is 13.6. The van der Waals surface area contributed by atoms with Crippen molar-refractivity contribution in [2.45, 2.75) is 26.3 Å². The van der Waals surface area contributed by atoms with Gasteiger partial charge in [0.2, 0.25) is 5.91 Å². The van der Waals surface area contributed by atoms with Gasteiger partial charge in [0.15, 0.2) is 5.13 Å². The lowest BCUT2D eigenvalue weighted by atomic mass is 10.1. The Kier molecular flexibility index (Phi) is 4.36. The third-order valence-corrected chi connectivity index (χ3v) is 5.31. The first-order valence-electron chi connectivity index (χ1n) is 8.58. The van der Waals surface area contributed by atoms with Gasteiger partial charge in [0.05, 0.1) is 12.2 Å². The molecule has 1 amide bonds. The second kappa shape index (κ2) is 6.81. The van der Waals surface area contributed by atoms with Crippen LogP contribution in [0.4, 0.5) is 5.13 Å². The second-order valence-corrected chi connectivity index (χ2v) is 7.40. The van der Waals surface area contributed by atoms with Crippen molar-refractivity contribution < 1.29 is 4.79 Å². The molecule has 2 aromatic carbocycles. The van der Waals surface area contributed by atoms with Crippen molar-refractivity contribution in [2.75, 3.05) is 4.90 Å². The number of amides is 1. The summed E-state index contributed by atoms with van der Waals surface area (Å²) < 4.78 is 0. The summed E-state index contributed by atoms with van der Waals surface area (Å²) in [6.07, 6.45) is 2.00. The molecule has 0 unspecified atom stereocenters. The first-order chi connectivity index (χ1) is 12.2. The number of thiazole rings is 1. The number of carbonyl (C=O) groups is 1. The Morgan fingerprint density at radius 2 is 1.84 bits per heavy atom. The van der Waals surface area contributed by atoms with Crippen molar-refractivity contribution in [3.05, 3.63) is 71.1 Å². The van der Waals surface area contributed by atoms with E-state index in [0.717, 1.165) is 34.8 Å². The van der Waals surface area contributed by atoms with Gasteiger partial charge in [-0.2, -0.15) is 0 Å². The minimum absolute atomic E-state index is 0.176. The van der Waals surface area contributed by atoms with Gasteiger partial charge in [-0.05, 0) is 25.3 Å². The summed E-state index contributed by atoms with van der Waals surface area (Å²) in [5.74, 6) is 0.379. The van der Waals surface area contributed by atoms with E-state index in [2.05, 4.69) is 43.3 Å². The molecule has 4 rings (SSSR count). The molecule has 1 saturated carbocycles. The lowest BCUT2D eigenvalue weighted by molar-refractivity contribution is -0.119. The summed E-state index contributed by atoms with van der Waals surface area (Å²) in [6, 6.07) is 18.5. The third kappa shape index (κ3) is 3.64. The highest BCUT2D eigenvalue weighted by atomic mass is 32.1. The van der Waals surface area contributed by atoms with Gasteiger partial charge in [-0.15, -0.1) is 11.3 Å². The van der Waals surface area contributed by atoms with E-state index >= 15 is 0 Å². The van der Waals surface area contributed by atoms with Gasteiger partial charge >= 0.3 is 0 Å². The molecule has 126 valence electrons. The molecule has 0 saturated heterocycles. The SMILES string of the molecule is Cc1ccc(-c2csc(N(Cc3ccccc3)C(=O)C3CC3)n2)cc1. The molecule has 0 bridgehead atoms. The van der Waals surface area contributed by atoms with Crippen molar-refractivity contribution in [3.63, 3.8) is 0 Å². The van der Waals surface area contributed by atoms with Crippen LogP contribution in [0.1, 0.15) is 24.0 Å². The van der Waals surface area contributed by atoms with Crippen LogP contribution in [0, 0.1) is 12.8 Å². The van der Waals surface area contributed by atoms with Crippen LogP contribution in [-0.4, -0.2) is 10.9 Å². The molecule has 4 heteroatoms. The fraction of sp³-hybridized carbons (Fsp3) is 0.238. The molecule has 0 N–H and O–H groups in total. The standard InChI is InChI=1S/C21H20N2OS/c1-15-7-9-17(10-8-15)19-14-25-21(22-19)23(20(24)18-11-12-18)13-16-5-3-2-4-6-16/h2-10,14,18H,11-13H2,1H3. The molecule has 0 atom stereocenters. The maximum Gasteiger partial charge on any atom is 0.232 e. The van der Waals surface area contributed by atoms with Crippen LogP contribution < -0.4 is 4.90 Å². The molecule has 3 aromatic rings. The van der Waals surface area contributed by atoms with Crippen molar-refractivity contribution in [3.8, 4) is 11.3 Å². The van der Waals surface area contributed by atoms with E-state index in [0.29, 0.717) is 6.54 Å². The Bertz CT molecular complexity index is 866. The number of hydrogen-bond donors (Lipinski definition) is 0. The van der Waals surface area contributed by atoms with E-state index in [9.17, 15) is 4.79 Å². The highest BCUT2D eigenvalue weighted by molar-refractivity contribution is 7.14. The molecule has 3 nitrogen and oxygen atoms in total. The second-order valence-electron chi connectivity index (χ2n) is 6.57. The van der Waals surface area contributed by atoms with E-state index in [4.69, 9.17) is 4.98 Å². The summed E-state index contributed by atoms with van der Waals surface area (Å²) in [5.41, 5.74) is 4.38. The smallest absolute Gasteiger partial charge is 0.232 e. The molecule has 1 fully saturated rings. The number of carbonyl (C=O) groups excluding carboxylic acids is 1. The van der Waals surface area contributed by atoms with Gasteiger partial charge < -0.3 is 0 Å². The predicted molar refractivity (Wildman–Crippen MR) is 103 cm³/mol. The largest absolute Gasteiger partial charge is 0.283 e. The number of benzene rings is 2. The van der Waals surface area contributed by atoms with Crippen molar-refractivity contribution in [1.82, 2.24) is 4.98 Å². The van der Waals surface area contributed by atoms with Crippen molar-refractivity contribution >= 4 is 22.4 Å². The highest BCUT2D eigenvalue weighted by Crippen LogP contribution is 2.35. The van der Waals surface area contributed by atoms with Gasteiger partial charge in [-0.1, -0.05) is 60.2 Å². The molecular weight excluding hydrogens is 328 g/mol. The average Bonchev–Trinajstić information content (AvgIpc) is 3.38. The number of anilines is 1. The van der Waals surface area contributed by atoms with Crippen LogP contribution in [0.2, 0.25) is 0 Å². The maximum absolute atomic E-state index is 12.8. The zero-order valence-electron chi connectivity index (χ0n) is 14.2. The Morgan fingerprint density at radius 1 is 1.12 bits per heavy atom. The predicted octanol–water partition coefficient (Wildman–Crippen LogP) is 5.06. The number of aromatic nitrogens is 1. The molecule has 1 heterocycles. The van der Waals surface area contributed by atoms with Crippen LogP contribution in [-0.2, 0) is 11.3 Å². The van der Waals surface area contributed by atoms with Gasteiger partial charge in [-0.3, -0.25) is 9.69 Å². The lowest BCUT2D eigenvalue weighted by Gasteiger charge is -2.20. The average molecular weight is 348 g/mol. The summed E-state index contributed by atoms with van der Waals surface area (Å²) in [7, 11) is 0. The molecular formula is C21H20N2OS. The van der Waals surface area contributed by atoms with Gasteiger partial charge in [0, 0.05) is 16.9 Å². The Balaban J connectivity index is 1.63. The summed E-state index contributed by atoms with van der Waals surface area (Å²) >= 11 is 1.54. The molecule has 1 aliphatic carbocycles. The number of aryl methyl sites for hydroxylation is 1. The van der Waals surface area contributed by atoms with E-state index in [1.54, 1.807) is 11.3 Å². The maximum atomic E-state index is 12.8. The highest BCUT2D eigenvalue weighted by Gasteiger charge is 2.35. The van der Waals surface area contributed by atoms with E-state index in [1.165, 1.54) is 5.56 Å². The fourth-order valence-corrected chi connectivity index (χ4v) is 3.64. The Morgan fingerprint density at radius 3 is 2.52 bits per heavy atom. The van der Waals surface area contributed by atoms with Gasteiger partial charge in [0.25, 0.3) is 0 Å². The van der Waals surface area contributed by atoms with E-state index in [1.807, 2.05) is 28.5 Å². The molecule has 0 radical (unpaired) electrons. The van der Waals surface area contributed by atoms with Crippen molar-refractivity contribution in [1.29, 1.82) is 0 Å². The first kappa shape index (κ1) is 16.0. The molecule has 1 aliphatic rings. The number of nitrogens with zero attached hydrogens (tertiary/aromatic N) is 2. The Labute approximate surface area is 152 Å². The topological polar surface area (TPSA) is 33.2 Å². The van der Waals surface area contributed by atoms with Crippen LogP contribution in [0.25, 0.3) is 11.3 Å². The minimum atomic E-state index is 0.176. The quantitative estimate of drug-likeness (QED) is 0.645. The fourth-order valence-electron chi connectivity index (χ4n) is 2.80. The Hall–Kier alpha value is -2.46. The molecule has 0 spiro atoms. The zero-order chi connectivity index (χ0) is 17.2. The van der Waals surface area contributed by atoms with Crippen molar-refractivity contribution in [2.24, 2.45) is 5.92 Å². The molecule has 25 heavy (non-hydrogen) atoms. The van der Waals surface area contributed by atoms with Crippen LogP contribution >= 0.6 is 11.3 Å². The molecule has 0 aliphatic heterocycles. The summed E-state index contributed by atoms with van der Waals surface area (Å²) in [6.45, 7) is 2.66. The zero-order valence-corrected chi connectivity index (χ0v) is 15.0. The third-order valence-electron chi connectivity index (χ3n) is 4.45. The van der Waals surface area contributed by atoms with Crippen LogP contribution in [0.5, 0.6) is 0 Å². The van der Waals surface area contributed by atoms with E-state index in [-0.39, 0.29) is 11.8 Å². The van der Waals surface area contributed by atoms with E-state index < -0.39 is 0 Å².